The van der Waals surface area contributed by atoms with Gasteiger partial charge in [-0.25, -0.2) is 4.39 Å². The lowest BCUT2D eigenvalue weighted by Gasteiger charge is -2.35. The third-order valence-electron chi connectivity index (χ3n) is 4.08. The fourth-order valence-corrected chi connectivity index (χ4v) is 2.57. The number of nitrogens with zero attached hydrogens (tertiary/aromatic N) is 2. The number of halogens is 2. The van der Waals surface area contributed by atoms with Crippen LogP contribution in [0.5, 0.6) is 0 Å². The van der Waals surface area contributed by atoms with Crippen LogP contribution in [-0.4, -0.2) is 46.8 Å². The summed E-state index contributed by atoms with van der Waals surface area (Å²) in [5.74, 6) is -0.558. The first-order valence-electron chi connectivity index (χ1n) is 7.08. The second-order valence-electron chi connectivity index (χ2n) is 5.83. The van der Waals surface area contributed by atoms with Gasteiger partial charge >= 0.3 is 0 Å². The van der Waals surface area contributed by atoms with Crippen molar-refractivity contribution in [3.63, 3.8) is 0 Å². The molecule has 2 fully saturated rings. The molecule has 0 unspecified atom stereocenters. The molecule has 7 heteroatoms. The summed E-state index contributed by atoms with van der Waals surface area (Å²) in [6.45, 7) is 1.37. The zero-order valence-corrected chi connectivity index (χ0v) is 12.9. The Kier molecular flexibility index (Phi) is 4.72. The number of nitrogens with two attached hydrogens (primary N) is 1. The summed E-state index contributed by atoms with van der Waals surface area (Å²) >= 11 is 0. The number of hydrogen-bond donors (Lipinski definition) is 1. The highest BCUT2D eigenvalue weighted by atomic mass is 35.5. The fourth-order valence-electron chi connectivity index (χ4n) is 2.57. The minimum atomic E-state index is -0.731. The summed E-state index contributed by atoms with van der Waals surface area (Å²) in [6.07, 6.45) is 1.40. The minimum absolute atomic E-state index is 0. The Hall–Kier alpha value is -1.66. The predicted octanol–water partition coefficient (Wildman–Crippen LogP) is 0.910. The molecule has 5 nitrogen and oxygen atoms in total. The Morgan fingerprint density at radius 2 is 2.05 bits per heavy atom. The number of hydrogen-bond acceptors (Lipinski definition) is 3. The average molecular weight is 328 g/mol. The van der Waals surface area contributed by atoms with Gasteiger partial charge in [-0.1, -0.05) is 12.1 Å². The zero-order chi connectivity index (χ0) is 15.0. The standard InChI is InChI=1S/C15H18FN3O2.ClH/c16-12-3-1-2-11(8-12)9-18-6-7-19(10-13(18)20)14(21)15(17)4-5-15;/h1-3,8H,4-7,9-10,17H2;1H. The number of carbonyl (C=O) groups excluding carboxylic acids is 2. The van der Waals surface area contributed by atoms with Crippen LogP contribution in [-0.2, 0) is 16.1 Å². The van der Waals surface area contributed by atoms with Gasteiger partial charge in [-0.2, -0.15) is 0 Å². The monoisotopic (exact) mass is 327 g/mol. The van der Waals surface area contributed by atoms with Crippen molar-refractivity contribution in [3.8, 4) is 0 Å². The van der Waals surface area contributed by atoms with Crippen molar-refractivity contribution in [2.75, 3.05) is 19.6 Å². The zero-order valence-electron chi connectivity index (χ0n) is 12.1. The van der Waals surface area contributed by atoms with Gasteiger partial charge < -0.3 is 15.5 Å². The van der Waals surface area contributed by atoms with Gasteiger partial charge in [-0.05, 0) is 30.5 Å². The number of amides is 2. The van der Waals surface area contributed by atoms with Crippen LogP contribution in [0.1, 0.15) is 18.4 Å². The third kappa shape index (κ3) is 3.39. The van der Waals surface area contributed by atoms with Crippen LogP contribution < -0.4 is 5.73 Å². The van der Waals surface area contributed by atoms with E-state index in [1.807, 2.05) is 0 Å². The van der Waals surface area contributed by atoms with Gasteiger partial charge in [0.1, 0.15) is 5.82 Å². The largest absolute Gasteiger partial charge is 0.335 e. The molecule has 2 N–H and O–H groups in total. The smallest absolute Gasteiger partial charge is 0.243 e. The molecule has 22 heavy (non-hydrogen) atoms. The second kappa shape index (κ2) is 6.22. The molecule has 0 atom stereocenters. The normalized spacial score (nSPS) is 19.6. The molecule has 1 aromatic carbocycles. The SMILES string of the molecule is Cl.NC1(C(=O)N2CCN(Cc3cccc(F)c3)C(=O)C2)CC1. The second-order valence-corrected chi connectivity index (χ2v) is 5.83. The van der Waals surface area contributed by atoms with E-state index in [9.17, 15) is 14.0 Å². The van der Waals surface area contributed by atoms with Crippen molar-refractivity contribution < 1.29 is 14.0 Å². The van der Waals surface area contributed by atoms with Crippen LogP contribution in [0.4, 0.5) is 4.39 Å². The lowest BCUT2D eigenvalue weighted by atomic mass is 10.1. The summed E-state index contributed by atoms with van der Waals surface area (Å²) in [7, 11) is 0. The molecule has 1 saturated carbocycles. The molecule has 0 spiro atoms. The van der Waals surface area contributed by atoms with Gasteiger partial charge in [0.05, 0.1) is 12.1 Å². The van der Waals surface area contributed by atoms with E-state index in [2.05, 4.69) is 0 Å². The molecule has 1 heterocycles. The number of piperazine rings is 1. The predicted molar refractivity (Wildman–Crippen MR) is 81.8 cm³/mol. The van der Waals surface area contributed by atoms with Crippen molar-refractivity contribution in [1.29, 1.82) is 0 Å². The van der Waals surface area contributed by atoms with E-state index in [4.69, 9.17) is 5.73 Å². The average Bonchev–Trinajstić information content (AvgIpc) is 3.20. The number of rotatable bonds is 3. The lowest BCUT2D eigenvalue weighted by Crippen LogP contribution is -2.56. The minimum Gasteiger partial charge on any atom is -0.335 e. The quantitative estimate of drug-likeness (QED) is 0.897. The molecule has 3 rings (SSSR count). The van der Waals surface area contributed by atoms with Gasteiger partial charge in [0.2, 0.25) is 11.8 Å². The van der Waals surface area contributed by atoms with E-state index >= 15 is 0 Å². The van der Waals surface area contributed by atoms with E-state index < -0.39 is 5.54 Å². The summed E-state index contributed by atoms with van der Waals surface area (Å²) < 4.78 is 13.2. The van der Waals surface area contributed by atoms with Crippen molar-refractivity contribution in [3.05, 3.63) is 35.6 Å². The van der Waals surface area contributed by atoms with E-state index in [0.717, 1.165) is 5.56 Å². The Labute approximate surface area is 134 Å². The van der Waals surface area contributed by atoms with Gasteiger partial charge in [0.25, 0.3) is 0 Å². The molecular formula is C15H19ClFN3O2. The van der Waals surface area contributed by atoms with Crippen LogP contribution in [0.2, 0.25) is 0 Å². The molecule has 0 bridgehead atoms. The van der Waals surface area contributed by atoms with Crippen molar-refractivity contribution in [2.24, 2.45) is 5.73 Å². The van der Waals surface area contributed by atoms with Crippen LogP contribution in [0, 0.1) is 5.82 Å². The molecule has 1 saturated heterocycles. The molecule has 0 radical (unpaired) electrons. The Morgan fingerprint density at radius 1 is 1.32 bits per heavy atom. The van der Waals surface area contributed by atoms with Gasteiger partial charge in [0, 0.05) is 19.6 Å². The first-order valence-corrected chi connectivity index (χ1v) is 7.08. The van der Waals surface area contributed by atoms with Gasteiger partial charge in [-0.15, -0.1) is 12.4 Å². The Balaban J connectivity index is 0.00000176. The van der Waals surface area contributed by atoms with E-state index in [0.29, 0.717) is 32.5 Å². The highest BCUT2D eigenvalue weighted by molar-refractivity contribution is 5.93. The van der Waals surface area contributed by atoms with Crippen molar-refractivity contribution >= 4 is 24.2 Å². The maximum absolute atomic E-state index is 13.2. The fraction of sp³-hybridized carbons (Fsp3) is 0.467. The lowest BCUT2D eigenvalue weighted by molar-refractivity contribution is -0.146. The molecular weight excluding hydrogens is 309 g/mol. The highest BCUT2D eigenvalue weighted by Gasteiger charge is 2.49. The van der Waals surface area contributed by atoms with Crippen LogP contribution in [0.3, 0.4) is 0 Å². The maximum Gasteiger partial charge on any atom is 0.243 e. The molecule has 1 aliphatic heterocycles. The van der Waals surface area contributed by atoms with E-state index in [-0.39, 0.29) is 36.6 Å². The third-order valence-corrected chi connectivity index (χ3v) is 4.08. The van der Waals surface area contributed by atoms with Gasteiger partial charge in [0.15, 0.2) is 0 Å². The van der Waals surface area contributed by atoms with Crippen molar-refractivity contribution in [2.45, 2.75) is 24.9 Å². The van der Waals surface area contributed by atoms with Crippen LogP contribution in [0.15, 0.2) is 24.3 Å². The van der Waals surface area contributed by atoms with Crippen LogP contribution in [0.25, 0.3) is 0 Å². The molecule has 2 amide bonds. The Morgan fingerprint density at radius 3 is 2.64 bits per heavy atom. The molecule has 1 aliphatic carbocycles. The van der Waals surface area contributed by atoms with E-state index in [1.165, 1.54) is 17.0 Å². The molecule has 1 aromatic rings. The summed E-state index contributed by atoms with van der Waals surface area (Å²) in [4.78, 5) is 27.4. The van der Waals surface area contributed by atoms with E-state index in [1.54, 1.807) is 17.0 Å². The molecule has 2 aliphatic rings. The maximum atomic E-state index is 13.2. The molecule has 0 aromatic heterocycles. The number of benzene rings is 1. The molecule has 120 valence electrons. The van der Waals surface area contributed by atoms with Gasteiger partial charge in [-0.3, -0.25) is 9.59 Å². The number of carbonyl (C=O) groups is 2. The van der Waals surface area contributed by atoms with Crippen molar-refractivity contribution in [1.82, 2.24) is 9.80 Å². The summed E-state index contributed by atoms with van der Waals surface area (Å²) in [5, 5.41) is 0. The summed E-state index contributed by atoms with van der Waals surface area (Å²) in [6, 6.07) is 6.20. The highest BCUT2D eigenvalue weighted by Crippen LogP contribution is 2.34. The first-order chi connectivity index (χ1) is 9.98. The van der Waals surface area contributed by atoms with Crippen LogP contribution >= 0.6 is 12.4 Å². The Bertz CT molecular complexity index is 592. The topological polar surface area (TPSA) is 66.6 Å². The first kappa shape index (κ1) is 16.7. The summed E-state index contributed by atoms with van der Waals surface area (Å²) in [5.41, 5.74) is 5.90.